The number of carbonyl (C=O) groups excluding carboxylic acids is 2. The van der Waals surface area contributed by atoms with Gasteiger partial charge in [0.05, 0.1) is 12.1 Å². The van der Waals surface area contributed by atoms with E-state index in [1.807, 2.05) is 11.0 Å². The molecule has 1 aromatic rings. The van der Waals surface area contributed by atoms with Crippen molar-refractivity contribution in [2.75, 3.05) is 19.7 Å². The first kappa shape index (κ1) is 18.5. The summed E-state index contributed by atoms with van der Waals surface area (Å²) in [5, 5.41) is 0. The number of hydrogen-bond acceptors (Lipinski definition) is 3. The zero-order chi connectivity index (χ0) is 18.8. The van der Waals surface area contributed by atoms with Crippen molar-refractivity contribution in [3.63, 3.8) is 0 Å². The van der Waals surface area contributed by atoms with Gasteiger partial charge in [0.1, 0.15) is 6.10 Å². The van der Waals surface area contributed by atoms with Gasteiger partial charge in [0, 0.05) is 32.5 Å². The molecule has 3 heterocycles. The number of hydrogen-bond donors (Lipinski definition) is 0. The topological polar surface area (TPSA) is 49.9 Å². The molecular weight excluding hydrogens is 340 g/mol. The molecule has 0 radical (unpaired) electrons. The molecule has 2 amide bonds. The molecule has 146 valence electrons. The van der Waals surface area contributed by atoms with Gasteiger partial charge in [-0.25, -0.2) is 0 Å². The molecule has 3 aliphatic heterocycles. The van der Waals surface area contributed by atoms with E-state index in [4.69, 9.17) is 4.74 Å². The lowest BCUT2D eigenvalue weighted by Crippen LogP contribution is -2.52. The number of rotatable bonds is 2. The number of carbonyl (C=O) groups is 2. The van der Waals surface area contributed by atoms with Crippen molar-refractivity contribution in [1.82, 2.24) is 9.80 Å². The molecule has 0 N–H and O–H groups in total. The quantitative estimate of drug-likeness (QED) is 0.804. The number of amides is 2. The average molecular weight is 370 g/mol. The van der Waals surface area contributed by atoms with Gasteiger partial charge < -0.3 is 14.5 Å². The Kier molecular flexibility index (Phi) is 5.48. The Balaban J connectivity index is 1.69. The molecule has 0 aliphatic carbocycles. The smallest absolute Gasteiger partial charge is 0.252 e. The molecule has 3 fully saturated rings. The van der Waals surface area contributed by atoms with Crippen LogP contribution in [-0.2, 0) is 14.3 Å². The van der Waals surface area contributed by atoms with Gasteiger partial charge in [0.2, 0.25) is 5.91 Å². The highest BCUT2D eigenvalue weighted by Gasteiger charge is 2.49. The summed E-state index contributed by atoms with van der Waals surface area (Å²) in [5.74, 6) is 0.424. The van der Waals surface area contributed by atoms with E-state index >= 15 is 0 Å². The van der Waals surface area contributed by atoms with Crippen LogP contribution in [0.2, 0.25) is 0 Å². The molecule has 0 aromatic heterocycles. The van der Waals surface area contributed by atoms with Gasteiger partial charge in [-0.1, -0.05) is 43.2 Å². The van der Waals surface area contributed by atoms with Crippen molar-refractivity contribution in [2.45, 2.75) is 69.6 Å². The zero-order valence-electron chi connectivity index (χ0n) is 16.2. The Hall–Kier alpha value is -1.88. The van der Waals surface area contributed by atoms with Crippen molar-refractivity contribution in [2.24, 2.45) is 0 Å². The lowest BCUT2D eigenvalue weighted by molar-refractivity contribution is -0.144. The van der Waals surface area contributed by atoms with E-state index in [2.05, 4.69) is 29.2 Å². The largest absolute Gasteiger partial charge is 0.368 e. The van der Waals surface area contributed by atoms with Gasteiger partial charge >= 0.3 is 0 Å². The molecule has 0 unspecified atom stereocenters. The lowest BCUT2D eigenvalue weighted by Gasteiger charge is -2.39. The van der Waals surface area contributed by atoms with Gasteiger partial charge in [-0.05, 0) is 31.2 Å². The van der Waals surface area contributed by atoms with Gasteiger partial charge in [-0.15, -0.1) is 0 Å². The summed E-state index contributed by atoms with van der Waals surface area (Å²) in [6, 6.07) is 10.6. The van der Waals surface area contributed by atoms with E-state index in [9.17, 15) is 9.59 Å². The Morgan fingerprint density at radius 3 is 2.52 bits per heavy atom. The minimum absolute atomic E-state index is 0.0653. The SMILES string of the molecule is CC(=O)N1CCCCC[C@@H]2[C@@H]1[C@H](c1ccccc1)CN2C(=O)[C@H]1CCCO1. The molecule has 4 atom stereocenters. The average Bonchev–Trinajstić information content (AvgIpc) is 3.30. The molecule has 1 aromatic carbocycles. The number of benzene rings is 1. The minimum atomic E-state index is -0.295. The molecule has 0 saturated carbocycles. The minimum Gasteiger partial charge on any atom is -0.368 e. The highest BCUT2D eigenvalue weighted by Crippen LogP contribution is 2.40. The third-order valence-corrected chi connectivity index (χ3v) is 6.48. The van der Waals surface area contributed by atoms with E-state index in [0.717, 1.165) is 45.1 Å². The molecular formula is C22H30N2O3. The maximum absolute atomic E-state index is 13.3. The molecule has 5 nitrogen and oxygen atoms in total. The van der Waals surface area contributed by atoms with Crippen LogP contribution in [0.1, 0.15) is 56.9 Å². The summed E-state index contributed by atoms with van der Waals surface area (Å²) in [5.41, 5.74) is 1.22. The van der Waals surface area contributed by atoms with Gasteiger partial charge in [0.15, 0.2) is 0 Å². The Labute approximate surface area is 161 Å². The standard InChI is InChI=1S/C22H30N2O3/c1-16(25)23-13-7-3-6-11-19-21(23)18(17-9-4-2-5-10-17)15-24(19)22(26)20-12-8-14-27-20/h2,4-5,9-10,18-21H,3,6-8,11-15H2,1H3/t18-,19+,20+,21-/m0/s1. The maximum atomic E-state index is 13.3. The molecule has 4 rings (SSSR count). The first-order valence-electron chi connectivity index (χ1n) is 10.4. The molecule has 3 aliphatic rings. The predicted molar refractivity (Wildman–Crippen MR) is 103 cm³/mol. The second-order valence-electron chi connectivity index (χ2n) is 8.13. The van der Waals surface area contributed by atoms with Crippen LogP contribution in [0.3, 0.4) is 0 Å². The van der Waals surface area contributed by atoms with Crippen LogP contribution in [0, 0.1) is 0 Å². The lowest BCUT2D eigenvalue weighted by atomic mass is 9.87. The first-order valence-corrected chi connectivity index (χ1v) is 10.4. The first-order chi connectivity index (χ1) is 13.2. The summed E-state index contributed by atoms with van der Waals surface area (Å²) in [6.45, 7) is 3.83. The zero-order valence-corrected chi connectivity index (χ0v) is 16.2. The summed E-state index contributed by atoms with van der Waals surface area (Å²) < 4.78 is 5.71. The molecule has 0 spiro atoms. The van der Waals surface area contributed by atoms with Gasteiger partial charge in [-0.3, -0.25) is 9.59 Å². The van der Waals surface area contributed by atoms with Crippen LogP contribution in [0.15, 0.2) is 30.3 Å². The summed E-state index contributed by atoms with van der Waals surface area (Å²) in [4.78, 5) is 29.9. The fourth-order valence-electron chi connectivity index (χ4n) is 5.20. The van der Waals surface area contributed by atoms with Crippen LogP contribution in [0.5, 0.6) is 0 Å². The molecule has 3 saturated heterocycles. The van der Waals surface area contributed by atoms with Crippen molar-refractivity contribution in [1.29, 1.82) is 0 Å². The van der Waals surface area contributed by atoms with Crippen LogP contribution < -0.4 is 0 Å². The predicted octanol–water partition coefficient (Wildman–Crippen LogP) is 2.95. The third kappa shape index (κ3) is 3.62. The van der Waals surface area contributed by atoms with Crippen LogP contribution in [0.4, 0.5) is 0 Å². The van der Waals surface area contributed by atoms with E-state index in [1.165, 1.54) is 5.56 Å². The van der Waals surface area contributed by atoms with Crippen LogP contribution in [0.25, 0.3) is 0 Å². The van der Waals surface area contributed by atoms with E-state index in [0.29, 0.717) is 13.2 Å². The van der Waals surface area contributed by atoms with E-state index < -0.39 is 0 Å². The Bertz CT molecular complexity index is 671. The molecule has 0 bridgehead atoms. The number of ether oxygens (including phenoxy) is 1. The van der Waals surface area contributed by atoms with Gasteiger partial charge in [0.25, 0.3) is 5.91 Å². The molecule has 5 heteroatoms. The fraction of sp³-hybridized carbons (Fsp3) is 0.636. The van der Waals surface area contributed by atoms with Crippen LogP contribution >= 0.6 is 0 Å². The number of fused-ring (bicyclic) bond motifs is 1. The second kappa shape index (κ2) is 8.01. The van der Waals surface area contributed by atoms with Crippen molar-refractivity contribution < 1.29 is 14.3 Å². The third-order valence-electron chi connectivity index (χ3n) is 6.48. The Morgan fingerprint density at radius 2 is 1.81 bits per heavy atom. The normalized spacial score (nSPS) is 31.3. The summed E-state index contributed by atoms with van der Waals surface area (Å²) in [7, 11) is 0. The van der Waals surface area contributed by atoms with Crippen molar-refractivity contribution >= 4 is 11.8 Å². The Morgan fingerprint density at radius 1 is 1.00 bits per heavy atom. The molecule has 27 heavy (non-hydrogen) atoms. The van der Waals surface area contributed by atoms with Crippen molar-refractivity contribution in [3.8, 4) is 0 Å². The number of nitrogens with zero attached hydrogens (tertiary/aromatic N) is 2. The highest BCUT2D eigenvalue weighted by molar-refractivity contribution is 5.82. The summed E-state index contributed by atoms with van der Waals surface area (Å²) >= 11 is 0. The highest BCUT2D eigenvalue weighted by atomic mass is 16.5. The van der Waals surface area contributed by atoms with E-state index in [-0.39, 0.29) is 35.9 Å². The monoisotopic (exact) mass is 370 g/mol. The van der Waals surface area contributed by atoms with Crippen LogP contribution in [-0.4, -0.2) is 59.5 Å². The fourth-order valence-corrected chi connectivity index (χ4v) is 5.20. The van der Waals surface area contributed by atoms with Gasteiger partial charge in [-0.2, -0.15) is 0 Å². The van der Waals surface area contributed by atoms with E-state index in [1.54, 1.807) is 6.92 Å². The number of likely N-dealkylation sites (tertiary alicyclic amines) is 2. The van der Waals surface area contributed by atoms with Crippen molar-refractivity contribution in [3.05, 3.63) is 35.9 Å². The summed E-state index contributed by atoms with van der Waals surface area (Å²) in [6.07, 6.45) is 5.73. The maximum Gasteiger partial charge on any atom is 0.252 e. The second-order valence-corrected chi connectivity index (χ2v) is 8.13.